The highest BCUT2D eigenvalue weighted by molar-refractivity contribution is 6.37. The number of carbonyl (C=O) groups excluding carboxylic acids is 5. The molecule has 11 heteroatoms. The molecule has 0 aromatic heterocycles. The summed E-state index contributed by atoms with van der Waals surface area (Å²) in [6.45, 7) is 8.90. The summed E-state index contributed by atoms with van der Waals surface area (Å²) in [6, 6.07) is -3.22. The zero-order valence-electron chi connectivity index (χ0n) is 25.9. The largest absolute Gasteiger partial charge is 0.383 e. The zero-order chi connectivity index (χ0) is 30.8. The van der Waals surface area contributed by atoms with Gasteiger partial charge in [-0.3, -0.25) is 19.2 Å². The number of piperidine rings is 1. The molecule has 11 nitrogen and oxygen atoms in total. The van der Waals surface area contributed by atoms with Gasteiger partial charge in [-0.2, -0.15) is 0 Å². The van der Waals surface area contributed by atoms with Crippen LogP contribution in [0.2, 0.25) is 0 Å². The molecule has 1 heterocycles. The van der Waals surface area contributed by atoms with E-state index in [0.717, 1.165) is 51.4 Å². The summed E-state index contributed by atoms with van der Waals surface area (Å²) in [4.78, 5) is 67.6. The summed E-state index contributed by atoms with van der Waals surface area (Å²) in [5.41, 5.74) is 4.87. The van der Waals surface area contributed by atoms with Gasteiger partial charge in [-0.1, -0.05) is 66.2 Å². The minimum Gasteiger partial charge on any atom is -0.383 e. The Morgan fingerprint density at radius 2 is 1.67 bits per heavy atom. The number of nitrogens with one attached hydrogen (secondary N) is 3. The Bertz CT molecular complexity index is 1040. The lowest BCUT2D eigenvalue weighted by Crippen LogP contribution is -2.63. The van der Waals surface area contributed by atoms with Crippen LogP contribution in [0.25, 0.3) is 0 Å². The van der Waals surface area contributed by atoms with E-state index in [1.54, 1.807) is 12.0 Å². The first-order valence-electron chi connectivity index (χ1n) is 15.9. The van der Waals surface area contributed by atoms with Crippen LogP contribution in [-0.2, 0) is 23.9 Å². The van der Waals surface area contributed by atoms with E-state index in [4.69, 9.17) is 10.5 Å². The number of hydrogen-bond donors (Lipinski definition) is 4. The molecule has 0 aromatic carbocycles. The van der Waals surface area contributed by atoms with E-state index in [1.165, 1.54) is 0 Å². The van der Waals surface area contributed by atoms with Crippen molar-refractivity contribution in [1.29, 1.82) is 0 Å². The van der Waals surface area contributed by atoms with Gasteiger partial charge in [0.1, 0.15) is 12.1 Å². The molecule has 42 heavy (non-hydrogen) atoms. The third kappa shape index (κ3) is 6.92. The number of rotatable bonds is 13. The van der Waals surface area contributed by atoms with E-state index in [2.05, 4.69) is 29.8 Å². The standard InChI is InChI=1S/C31H51N5O6/c1-17(2)22(16-42-5)34-30(41)35-26(31(4)12-7-6-8-13-31)29(40)36-15-20-18(3)23(20)24(36)28(39)33-21(25(37)27(32)38)14-19-10-9-11-19/h17-24,26H,6-16H2,1-5H3,(H2,32,38)(H,33,39)(H2,34,35,41)/t18?,20-,21?,22-,23+,24?,26?/m1/s1. The van der Waals surface area contributed by atoms with Crippen molar-refractivity contribution < 1.29 is 28.7 Å². The quantitative estimate of drug-likeness (QED) is 0.241. The molecule has 0 spiro atoms. The number of fused-ring (bicyclic) bond motifs is 1. The summed E-state index contributed by atoms with van der Waals surface area (Å²) >= 11 is 0. The Morgan fingerprint density at radius 3 is 2.21 bits per heavy atom. The number of hydrogen-bond acceptors (Lipinski definition) is 6. The first kappa shape index (κ1) is 32.2. The van der Waals surface area contributed by atoms with Gasteiger partial charge in [-0.05, 0) is 54.3 Å². The molecule has 5 amide bonds. The van der Waals surface area contributed by atoms with Gasteiger partial charge in [0.25, 0.3) is 5.91 Å². The number of nitrogens with zero attached hydrogens (tertiary/aromatic N) is 1. The second-order valence-corrected chi connectivity index (χ2v) is 13.9. The first-order valence-corrected chi connectivity index (χ1v) is 15.9. The molecule has 4 aliphatic rings. The zero-order valence-corrected chi connectivity index (χ0v) is 25.9. The Labute approximate surface area is 249 Å². The van der Waals surface area contributed by atoms with E-state index < -0.39 is 47.2 Å². The highest BCUT2D eigenvalue weighted by atomic mass is 16.5. The van der Waals surface area contributed by atoms with Crippen molar-refractivity contribution in [3.63, 3.8) is 0 Å². The summed E-state index contributed by atoms with van der Waals surface area (Å²) in [5, 5.41) is 8.83. The van der Waals surface area contributed by atoms with Gasteiger partial charge < -0.3 is 31.3 Å². The van der Waals surface area contributed by atoms with Crippen LogP contribution < -0.4 is 21.7 Å². The fourth-order valence-electron chi connectivity index (χ4n) is 7.47. The van der Waals surface area contributed by atoms with Crippen molar-refractivity contribution in [2.24, 2.45) is 40.7 Å². The van der Waals surface area contributed by atoms with E-state index in [0.29, 0.717) is 19.6 Å². The molecule has 4 unspecified atom stereocenters. The SMILES string of the molecule is COC[C@@H](NC(=O)NC(C(=O)N1C[C@@H]2C(C)[C@@H]2C1C(=O)NC(CC1CCC1)C(=O)C(N)=O)C1(C)CCCCC1)C(C)C. The molecule has 3 saturated carbocycles. The van der Waals surface area contributed by atoms with E-state index in [-0.39, 0.29) is 41.5 Å². The van der Waals surface area contributed by atoms with Crippen molar-refractivity contribution in [1.82, 2.24) is 20.9 Å². The molecule has 4 fully saturated rings. The van der Waals surface area contributed by atoms with Crippen LogP contribution in [-0.4, -0.2) is 78.9 Å². The van der Waals surface area contributed by atoms with Gasteiger partial charge in [0.15, 0.2) is 0 Å². The molecule has 1 aliphatic heterocycles. The van der Waals surface area contributed by atoms with Crippen molar-refractivity contribution in [3.8, 4) is 0 Å². The predicted molar refractivity (Wildman–Crippen MR) is 157 cm³/mol. The fraction of sp³-hybridized carbons (Fsp3) is 0.839. The molecule has 1 saturated heterocycles. The average Bonchev–Trinajstić information content (AvgIpc) is 3.35. The normalized spacial score (nSPS) is 28.6. The van der Waals surface area contributed by atoms with Crippen LogP contribution in [0.4, 0.5) is 4.79 Å². The van der Waals surface area contributed by atoms with Crippen LogP contribution in [0, 0.1) is 35.0 Å². The highest BCUT2D eigenvalue weighted by Crippen LogP contribution is 2.55. The third-order valence-electron chi connectivity index (χ3n) is 10.6. The second kappa shape index (κ2) is 13.3. The van der Waals surface area contributed by atoms with Gasteiger partial charge in [0, 0.05) is 13.7 Å². The number of likely N-dealkylation sites (tertiary alicyclic amines) is 1. The maximum absolute atomic E-state index is 14.4. The molecular formula is C31H51N5O6. The van der Waals surface area contributed by atoms with Crippen molar-refractivity contribution in [2.75, 3.05) is 20.3 Å². The lowest BCUT2D eigenvalue weighted by molar-refractivity contribution is -0.145. The first-order chi connectivity index (χ1) is 19.9. The molecular weight excluding hydrogens is 538 g/mol. The van der Waals surface area contributed by atoms with Crippen molar-refractivity contribution >= 4 is 29.5 Å². The average molecular weight is 590 g/mol. The minimum atomic E-state index is -1.06. The minimum absolute atomic E-state index is 0.0253. The van der Waals surface area contributed by atoms with Gasteiger partial charge in [-0.15, -0.1) is 0 Å². The molecule has 0 bridgehead atoms. The predicted octanol–water partition coefficient (Wildman–Crippen LogP) is 2.12. The number of Topliss-reactive ketones (excluding diaryl/α,β-unsaturated/α-hetero) is 1. The van der Waals surface area contributed by atoms with Crippen LogP contribution >= 0.6 is 0 Å². The number of primary amides is 1. The number of amides is 5. The summed E-state index contributed by atoms with van der Waals surface area (Å²) in [5.74, 6) is -1.73. The van der Waals surface area contributed by atoms with Gasteiger partial charge >= 0.3 is 6.03 Å². The second-order valence-electron chi connectivity index (χ2n) is 13.9. The van der Waals surface area contributed by atoms with Crippen LogP contribution in [0.1, 0.15) is 85.5 Å². The molecule has 4 rings (SSSR count). The smallest absolute Gasteiger partial charge is 0.315 e. The highest BCUT2D eigenvalue weighted by Gasteiger charge is 2.63. The Hall–Kier alpha value is -2.69. The number of nitrogens with two attached hydrogens (primary N) is 1. The Morgan fingerprint density at radius 1 is 1.00 bits per heavy atom. The Balaban J connectivity index is 1.55. The molecule has 3 aliphatic carbocycles. The Kier molecular flexibility index (Phi) is 10.2. The fourth-order valence-corrected chi connectivity index (χ4v) is 7.47. The summed E-state index contributed by atoms with van der Waals surface area (Å²) < 4.78 is 5.29. The molecule has 0 radical (unpaired) electrons. The number of ether oxygens (including phenoxy) is 1. The van der Waals surface area contributed by atoms with Crippen molar-refractivity contribution in [2.45, 2.75) is 110 Å². The lowest BCUT2D eigenvalue weighted by Gasteiger charge is -2.43. The number of carbonyl (C=O) groups is 5. The summed E-state index contributed by atoms with van der Waals surface area (Å²) in [7, 11) is 1.59. The number of ketones is 1. The molecule has 0 aromatic rings. The molecule has 7 atom stereocenters. The van der Waals surface area contributed by atoms with E-state index in [1.807, 2.05) is 13.8 Å². The number of urea groups is 1. The van der Waals surface area contributed by atoms with Crippen LogP contribution in [0.3, 0.4) is 0 Å². The van der Waals surface area contributed by atoms with Crippen LogP contribution in [0.5, 0.6) is 0 Å². The van der Waals surface area contributed by atoms with E-state index in [9.17, 15) is 24.0 Å². The molecule has 5 N–H and O–H groups in total. The topological polar surface area (TPSA) is 160 Å². The lowest BCUT2D eigenvalue weighted by atomic mass is 9.70. The van der Waals surface area contributed by atoms with E-state index >= 15 is 0 Å². The monoisotopic (exact) mass is 589 g/mol. The van der Waals surface area contributed by atoms with Gasteiger partial charge in [0.2, 0.25) is 17.6 Å². The van der Waals surface area contributed by atoms with Gasteiger partial charge in [0.05, 0.1) is 18.7 Å². The maximum Gasteiger partial charge on any atom is 0.315 e. The van der Waals surface area contributed by atoms with Gasteiger partial charge in [-0.25, -0.2) is 4.79 Å². The summed E-state index contributed by atoms with van der Waals surface area (Å²) in [6.07, 6.45) is 7.93. The van der Waals surface area contributed by atoms with Crippen LogP contribution in [0.15, 0.2) is 0 Å². The number of methoxy groups -OCH3 is 1. The molecule has 236 valence electrons. The van der Waals surface area contributed by atoms with Crippen molar-refractivity contribution in [3.05, 3.63) is 0 Å². The third-order valence-corrected chi connectivity index (χ3v) is 10.6. The maximum atomic E-state index is 14.4.